The van der Waals surface area contributed by atoms with Gasteiger partial charge in [-0.25, -0.2) is 0 Å². The Morgan fingerprint density at radius 2 is 2.17 bits per heavy atom. The lowest BCUT2D eigenvalue weighted by molar-refractivity contribution is -0.134. The highest BCUT2D eigenvalue weighted by molar-refractivity contribution is 5.92. The average molecular weight is 251 g/mol. The fraction of sp³-hybridized carbons (Fsp3) is 0.929. The zero-order valence-corrected chi connectivity index (χ0v) is 11.6. The van der Waals surface area contributed by atoms with E-state index in [0.717, 1.165) is 32.4 Å². The van der Waals surface area contributed by atoms with Gasteiger partial charge < -0.3 is 9.80 Å². The Labute approximate surface area is 110 Å². The second-order valence-electron chi connectivity index (χ2n) is 6.05. The van der Waals surface area contributed by atoms with Crippen LogP contribution in [0, 0.1) is 0 Å². The lowest BCUT2D eigenvalue weighted by atomic mass is 10.0. The van der Waals surface area contributed by atoms with Crippen LogP contribution >= 0.6 is 0 Å². The molecule has 2 aliphatic heterocycles. The predicted molar refractivity (Wildman–Crippen MR) is 71.2 cm³/mol. The third-order valence-electron chi connectivity index (χ3n) is 4.88. The number of carbonyl (C=O) groups excluding carboxylic acids is 1. The summed E-state index contributed by atoms with van der Waals surface area (Å²) in [5.74, 6) is 0.386. The normalized spacial score (nSPS) is 35.4. The van der Waals surface area contributed by atoms with Gasteiger partial charge in [0.15, 0.2) is 0 Å². The fourth-order valence-electron chi connectivity index (χ4n) is 3.59. The number of amides is 1. The third-order valence-corrected chi connectivity index (χ3v) is 4.88. The predicted octanol–water partition coefficient (Wildman–Crippen LogP) is 1.17. The molecule has 0 radical (unpaired) electrons. The van der Waals surface area contributed by atoms with Crippen molar-refractivity contribution in [1.29, 1.82) is 0 Å². The summed E-state index contributed by atoms with van der Waals surface area (Å²) in [5.41, 5.74) is -0.144. The number of likely N-dealkylation sites (tertiary alicyclic amines) is 1. The minimum absolute atomic E-state index is 0.144. The fourth-order valence-corrected chi connectivity index (χ4v) is 3.59. The van der Waals surface area contributed by atoms with Crippen molar-refractivity contribution in [2.75, 3.05) is 19.6 Å². The van der Waals surface area contributed by atoms with Crippen LogP contribution in [0.5, 0.6) is 0 Å². The van der Waals surface area contributed by atoms with Gasteiger partial charge in [0, 0.05) is 12.6 Å². The highest BCUT2D eigenvalue weighted by Crippen LogP contribution is 2.43. The highest BCUT2D eigenvalue weighted by atomic mass is 16.2. The van der Waals surface area contributed by atoms with Crippen molar-refractivity contribution in [1.82, 2.24) is 15.1 Å². The van der Waals surface area contributed by atoms with Crippen LogP contribution in [-0.4, -0.2) is 53.1 Å². The van der Waals surface area contributed by atoms with Gasteiger partial charge in [-0.1, -0.05) is 13.8 Å². The lowest BCUT2D eigenvalue weighted by Crippen LogP contribution is -2.52. The Bertz CT molecular complexity index is 340. The molecule has 1 aliphatic carbocycles. The third kappa shape index (κ3) is 1.86. The number of hydrogen-bond acceptors (Lipinski definition) is 3. The van der Waals surface area contributed by atoms with Gasteiger partial charge in [-0.3, -0.25) is 10.1 Å². The molecule has 2 atom stereocenters. The van der Waals surface area contributed by atoms with Gasteiger partial charge in [0.05, 0.1) is 11.7 Å². The maximum absolute atomic E-state index is 12.6. The second kappa shape index (κ2) is 4.49. The summed E-state index contributed by atoms with van der Waals surface area (Å²) in [6.07, 6.45) is 5.80. The molecule has 2 heterocycles. The number of hydrogen-bond donors (Lipinski definition) is 1. The van der Waals surface area contributed by atoms with E-state index < -0.39 is 0 Å². The van der Waals surface area contributed by atoms with Gasteiger partial charge >= 0.3 is 0 Å². The number of carbonyl (C=O) groups is 1. The maximum Gasteiger partial charge on any atom is 0.244 e. The van der Waals surface area contributed by atoms with Crippen LogP contribution in [0.2, 0.25) is 0 Å². The summed E-state index contributed by atoms with van der Waals surface area (Å²) in [6, 6.07) is 0.434. The van der Waals surface area contributed by atoms with Crippen LogP contribution in [0.25, 0.3) is 0 Å². The highest BCUT2D eigenvalue weighted by Gasteiger charge is 2.59. The Kier molecular flexibility index (Phi) is 3.10. The van der Waals surface area contributed by atoms with E-state index in [1.54, 1.807) is 0 Å². The van der Waals surface area contributed by atoms with Crippen LogP contribution < -0.4 is 5.32 Å². The molecule has 18 heavy (non-hydrogen) atoms. The van der Waals surface area contributed by atoms with Crippen molar-refractivity contribution in [2.45, 2.75) is 63.7 Å². The molecule has 0 aromatic heterocycles. The molecular formula is C14H25N3O. The number of likely N-dealkylation sites (N-methyl/N-ethyl adjacent to an activating group) is 1. The van der Waals surface area contributed by atoms with Crippen molar-refractivity contribution in [3.05, 3.63) is 0 Å². The Hall–Kier alpha value is -0.610. The number of nitrogens with zero attached hydrogens (tertiary/aromatic N) is 2. The quantitative estimate of drug-likeness (QED) is 0.818. The Morgan fingerprint density at radius 1 is 1.39 bits per heavy atom. The zero-order chi connectivity index (χ0) is 12.8. The molecule has 2 saturated heterocycles. The molecule has 1 amide bonds. The van der Waals surface area contributed by atoms with Gasteiger partial charge in [-0.05, 0) is 45.2 Å². The molecular weight excluding hydrogens is 226 g/mol. The van der Waals surface area contributed by atoms with Crippen molar-refractivity contribution >= 4 is 5.91 Å². The van der Waals surface area contributed by atoms with Crippen LogP contribution in [-0.2, 0) is 4.79 Å². The molecule has 102 valence electrons. The van der Waals surface area contributed by atoms with E-state index in [2.05, 4.69) is 29.0 Å². The van der Waals surface area contributed by atoms with Crippen LogP contribution in [0.1, 0.15) is 46.0 Å². The first-order valence-corrected chi connectivity index (χ1v) is 7.53. The first-order chi connectivity index (χ1) is 8.70. The largest absolute Gasteiger partial charge is 0.321 e. The molecule has 3 fully saturated rings. The van der Waals surface area contributed by atoms with E-state index in [0.29, 0.717) is 11.9 Å². The maximum atomic E-state index is 12.6. The van der Waals surface area contributed by atoms with E-state index in [1.807, 2.05) is 0 Å². The Morgan fingerprint density at radius 3 is 2.78 bits per heavy atom. The van der Waals surface area contributed by atoms with Crippen molar-refractivity contribution in [2.24, 2.45) is 0 Å². The summed E-state index contributed by atoms with van der Waals surface area (Å²) in [6.45, 7) is 7.76. The molecule has 4 nitrogen and oxygen atoms in total. The van der Waals surface area contributed by atoms with E-state index >= 15 is 0 Å². The molecule has 4 heteroatoms. The molecule has 1 N–H and O–H groups in total. The number of nitrogens with one attached hydrogen (secondary N) is 1. The van der Waals surface area contributed by atoms with E-state index in [1.165, 1.54) is 19.4 Å². The summed E-state index contributed by atoms with van der Waals surface area (Å²) < 4.78 is 0. The summed E-state index contributed by atoms with van der Waals surface area (Å²) in [7, 11) is 0. The second-order valence-corrected chi connectivity index (χ2v) is 6.05. The molecule has 0 bridgehead atoms. The van der Waals surface area contributed by atoms with Crippen LogP contribution in [0.4, 0.5) is 0 Å². The summed E-state index contributed by atoms with van der Waals surface area (Å²) in [4.78, 5) is 17.3. The van der Waals surface area contributed by atoms with Crippen molar-refractivity contribution in [3.8, 4) is 0 Å². The first kappa shape index (κ1) is 12.4. The summed E-state index contributed by atoms with van der Waals surface area (Å²) in [5, 5.41) is 3.58. The SMILES string of the molecule is CCC1NC2(CC2)C(=O)N1C1CCCN(CC)C1. The Balaban J connectivity index is 1.75. The summed E-state index contributed by atoms with van der Waals surface area (Å²) >= 11 is 0. The van der Waals surface area contributed by atoms with E-state index in [9.17, 15) is 4.79 Å². The first-order valence-electron chi connectivity index (χ1n) is 7.53. The van der Waals surface area contributed by atoms with Crippen LogP contribution in [0.15, 0.2) is 0 Å². The molecule has 1 saturated carbocycles. The van der Waals surface area contributed by atoms with Gasteiger partial charge in [-0.15, -0.1) is 0 Å². The average Bonchev–Trinajstić information content (AvgIpc) is 3.12. The van der Waals surface area contributed by atoms with E-state index in [4.69, 9.17) is 0 Å². The molecule has 2 unspecified atom stereocenters. The standard InChI is InChI=1S/C14H25N3O/c1-3-12-15-14(7-8-14)13(18)17(12)11-6-5-9-16(4-2)10-11/h11-12,15H,3-10H2,1-2H3. The molecule has 3 rings (SSSR count). The smallest absolute Gasteiger partial charge is 0.244 e. The monoisotopic (exact) mass is 251 g/mol. The van der Waals surface area contributed by atoms with Gasteiger partial charge in [0.2, 0.25) is 5.91 Å². The zero-order valence-electron chi connectivity index (χ0n) is 11.6. The lowest BCUT2D eigenvalue weighted by Gasteiger charge is -2.39. The van der Waals surface area contributed by atoms with Crippen LogP contribution in [0.3, 0.4) is 0 Å². The van der Waals surface area contributed by atoms with Gasteiger partial charge in [-0.2, -0.15) is 0 Å². The van der Waals surface area contributed by atoms with E-state index in [-0.39, 0.29) is 11.7 Å². The van der Waals surface area contributed by atoms with Crippen molar-refractivity contribution < 1.29 is 4.79 Å². The molecule has 0 aromatic carbocycles. The number of rotatable bonds is 3. The molecule has 1 spiro atoms. The van der Waals surface area contributed by atoms with Gasteiger partial charge in [0.25, 0.3) is 0 Å². The van der Waals surface area contributed by atoms with Gasteiger partial charge in [0.1, 0.15) is 0 Å². The molecule has 0 aromatic rings. The minimum Gasteiger partial charge on any atom is -0.321 e. The van der Waals surface area contributed by atoms with Crippen molar-refractivity contribution in [3.63, 3.8) is 0 Å². The topological polar surface area (TPSA) is 35.6 Å². The molecule has 3 aliphatic rings. The minimum atomic E-state index is -0.144. The number of piperidine rings is 1.